The van der Waals surface area contributed by atoms with E-state index in [9.17, 15) is 13.2 Å². The first-order chi connectivity index (χ1) is 11.4. The summed E-state index contributed by atoms with van der Waals surface area (Å²) in [5, 5.41) is 3.09. The van der Waals surface area contributed by atoms with E-state index in [4.69, 9.17) is 5.73 Å². The molecule has 1 aromatic carbocycles. The largest absolute Gasteiger partial charge is 0.416 e. The summed E-state index contributed by atoms with van der Waals surface area (Å²) in [5.74, 6) is 0.269. The van der Waals surface area contributed by atoms with Crippen LogP contribution in [0.25, 0.3) is 0 Å². The van der Waals surface area contributed by atoms with Gasteiger partial charge in [0.15, 0.2) is 5.96 Å². The monoisotopic (exact) mass is 341 g/mol. The van der Waals surface area contributed by atoms with Crippen LogP contribution in [0.4, 0.5) is 13.2 Å². The van der Waals surface area contributed by atoms with E-state index < -0.39 is 11.7 Å². The number of aliphatic imine (C=N–C) groups is 1. The van der Waals surface area contributed by atoms with Gasteiger partial charge >= 0.3 is 6.18 Å². The van der Waals surface area contributed by atoms with Crippen molar-refractivity contribution in [1.82, 2.24) is 15.1 Å². The van der Waals surface area contributed by atoms with E-state index in [0.717, 1.165) is 44.9 Å². The van der Waals surface area contributed by atoms with Gasteiger partial charge in [0.05, 0.1) is 12.1 Å². The van der Waals surface area contributed by atoms with Crippen molar-refractivity contribution >= 4 is 5.96 Å². The minimum atomic E-state index is -4.34. The topological polar surface area (TPSA) is 56.9 Å². The third-order valence-electron chi connectivity index (χ3n) is 4.60. The van der Waals surface area contributed by atoms with Gasteiger partial charge in [0.2, 0.25) is 0 Å². The lowest BCUT2D eigenvalue weighted by molar-refractivity contribution is -0.137. The second-order valence-electron chi connectivity index (χ2n) is 6.27. The van der Waals surface area contributed by atoms with Crippen LogP contribution in [-0.2, 0) is 12.7 Å². The maximum atomic E-state index is 12.7. The summed E-state index contributed by atoms with van der Waals surface area (Å²) in [5.41, 5.74) is 5.67. The molecule has 3 N–H and O–H groups in total. The van der Waals surface area contributed by atoms with Crippen LogP contribution < -0.4 is 11.1 Å². The number of alkyl halides is 3. The van der Waals surface area contributed by atoms with Crippen molar-refractivity contribution in [3.05, 3.63) is 35.4 Å². The molecule has 0 radical (unpaired) electrons. The smallest absolute Gasteiger partial charge is 0.370 e. The van der Waals surface area contributed by atoms with Crippen LogP contribution in [0.2, 0.25) is 0 Å². The van der Waals surface area contributed by atoms with Gasteiger partial charge in [-0.15, -0.1) is 0 Å². The first kappa shape index (κ1) is 17.0. The van der Waals surface area contributed by atoms with Crippen molar-refractivity contribution in [2.45, 2.75) is 18.8 Å². The Morgan fingerprint density at radius 1 is 1.25 bits per heavy atom. The molecule has 0 spiro atoms. The summed E-state index contributed by atoms with van der Waals surface area (Å²) in [7, 11) is 0. The number of piperazine rings is 3. The van der Waals surface area contributed by atoms with Crippen molar-refractivity contribution in [3.63, 3.8) is 0 Å². The molecular weight excluding hydrogens is 319 g/mol. The number of rotatable bonds is 4. The second-order valence-corrected chi connectivity index (χ2v) is 6.27. The number of guanidine groups is 1. The number of halogens is 3. The van der Waals surface area contributed by atoms with Crippen LogP contribution in [0.1, 0.15) is 11.1 Å². The quantitative estimate of drug-likeness (QED) is 0.636. The van der Waals surface area contributed by atoms with Crippen molar-refractivity contribution in [2.24, 2.45) is 10.7 Å². The van der Waals surface area contributed by atoms with Crippen LogP contribution in [0.5, 0.6) is 0 Å². The maximum absolute atomic E-state index is 12.7. The fourth-order valence-electron chi connectivity index (χ4n) is 3.22. The summed E-state index contributed by atoms with van der Waals surface area (Å²) in [6, 6.07) is 5.57. The number of hydrogen-bond donors (Lipinski definition) is 2. The molecule has 0 aliphatic carbocycles. The van der Waals surface area contributed by atoms with Crippen molar-refractivity contribution in [2.75, 3.05) is 39.3 Å². The third kappa shape index (κ3) is 4.18. The summed E-state index contributed by atoms with van der Waals surface area (Å²) in [6.07, 6.45) is -4.34. The Kier molecular flexibility index (Phi) is 4.96. The van der Waals surface area contributed by atoms with E-state index in [1.807, 2.05) is 0 Å². The highest BCUT2D eigenvalue weighted by Gasteiger charge is 2.31. The van der Waals surface area contributed by atoms with E-state index in [0.29, 0.717) is 18.2 Å². The van der Waals surface area contributed by atoms with Gasteiger partial charge in [-0.25, -0.2) is 4.99 Å². The molecule has 0 amide bonds. The molecule has 5 nitrogen and oxygen atoms in total. The molecule has 3 aliphatic rings. The Balaban J connectivity index is 1.51. The van der Waals surface area contributed by atoms with Crippen molar-refractivity contribution < 1.29 is 13.2 Å². The minimum absolute atomic E-state index is 0.128. The zero-order chi connectivity index (χ0) is 17.2. The normalized spacial score (nSPS) is 27.3. The average Bonchev–Trinajstić information content (AvgIpc) is 2.59. The summed E-state index contributed by atoms with van der Waals surface area (Å²) >= 11 is 0. The van der Waals surface area contributed by atoms with E-state index >= 15 is 0 Å². The van der Waals surface area contributed by atoms with Gasteiger partial charge < -0.3 is 11.1 Å². The number of benzene rings is 1. The number of nitrogens with zero attached hydrogens (tertiary/aromatic N) is 3. The van der Waals surface area contributed by atoms with Gasteiger partial charge in [-0.1, -0.05) is 12.1 Å². The third-order valence-corrected chi connectivity index (χ3v) is 4.60. The number of fused-ring (bicyclic) bond motifs is 3. The summed E-state index contributed by atoms with van der Waals surface area (Å²) < 4.78 is 38.1. The first-order valence-electron chi connectivity index (χ1n) is 8.08. The molecule has 8 heteroatoms. The second kappa shape index (κ2) is 6.98. The van der Waals surface area contributed by atoms with Crippen LogP contribution in [0, 0.1) is 0 Å². The zero-order valence-corrected chi connectivity index (χ0v) is 13.4. The number of nitrogens with one attached hydrogen (secondary N) is 1. The van der Waals surface area contributed by atoms with E-state index in [1.165, 1.54) is 6.07 Å². The Hall–Kier alpha value is -1.80. The van der Waals surface area contributed by atoms with Crippen LogP contribution in [0.15, 0.2) is 29.3 Å². The SMILES string of the molecule is NC(=NCc1cccc(C(F)(F)F)c1)NCC1CN2CCN1CC2. The molecule has 132 valence electrons. The predicted octanol–water partition coefficient (Wildman–Crippen LogP) is 1.11. The molecule has 0 aromatic heterocycles. The van der Waals surface area contributed by atoms with E-state index in [1.54, 1.807) is 6.07 Å². The average molecular weight is 341 g/mol. The lowest BCUT2D eigenvalue weighted by atomic mass is 10.1. The molecule has 3 fully saturated rings. The zero-order valence-electron chi connectivity index (χ0n) is 13.4. The fourth-order valence-corrected chi connectivity index (χ4v) is 3.22. The van der Waals surface area contributed by atoms with E-state index in [-0.39, 0.29) is 12.5 Å². The van der Waals surface area contributed by atoms with Crippen molar-refractivity contribution in [1.29, 1.82) is 0 Å². The minimum Gasteiger partial charge on any atom is -0.370 e. The highest BCUT2D eigenvalue weighted by molar-refractivity contribution is 5.77. The Morgan fingerprint density at radius 2 is 2.00 bits per heavy atom. The van der Waals surface area contributed by atoms with Gasteiger partial charge in [0.1, 0.15) is 0 Å². The molecule has 4 rings (SSSR count). The molecular formula is C16H22F3N5. The fraction of sp³-hybridized carbons (Fsp3) is 0.562. The molecule has 1 aromatic rings. The predicted molar refractivity (Wildman–Crippen MR) is 86.6 cm³/mol. The lowest BCUT2D eigenvalue weighted by Gasteiger charge is -2.47. The molecule has 3 aliphatic heterocycles. The van der Waals surface area contributed by atoms with Gasteiger partial charge in [-0.05, 0) is 17.7 Å². The highest BCUT2D eigenvalue weighted by atomic mass is 19.4. The summed E-state index contributed by atoms with van der Waals surface area (Å²) in [6.45, 7) is 6.25. The number of hydrogen-bond acceptors (Lipinski definition) is 3. The molecule has 1 unspecified atom stereocenters. The van der Waals surface area contributed by atoms with Gasteiger partial charge in [0, 0.05) is 45.3 Å². The molecule has 1 atom stereocenters. The van der Waals surface area contributed by atoms with Gasteiger partial charge in [-0.3, -0.25) is 9.80 Å². The molecule has 0 saturated carbocycles. The highest BCUT2D eigenvalue weighted by Crippen LogP contribution is 2.29. The standard InChI is InChI=1S/C16H22F3N5/c17-16(18,19)13-3-1-2-12(8-13)9-21-15(20)22-10-14-11-23-4-6-24(14)7-5-23/h1-3,8,14H,4-7,9-11H2,(H3,20,21,22). The van der Waals surface area contributed by atoms with Crippen LogP contribution in [0.3, 0.4) is 0 Å². The van der Waals surface area contributed by atoms with Crippen LogP contribution >= 0.6 is 0 Å². The van der Waals surface area contributed by atoms with Gasteiger partial charge in [-0.2, -0.15) is 13.2 Å². The Morgan fingerprint density at radius 3 is 2.62 bits per heavy atom. The lowest BCUT2D eigenvalue weighted by Crippen LogP contribution is -2.63. The van der Waals surface area contributed by atoms with Crippen LogP contribution in [-0.4, -0.2) is 61.1 Å². The molecule has 3 heterocycles. The molecule has 24 heavy (non-hydrogen) atoms. The Labute approximate surface area is 139 Å². The van der Waals surface area contributed by atoms with E-state index in [2.05, 4.69) is 20.1 Å². The Bertz CT molecular complexity index is 594. The molecule has 3 saturated heterocycles. The van der Waals surface area contributed by atoms with Gasteiger partial charge in [0.25, 0.3) is 0 Å². The van der Waals surface area contributed by atoms with Crippen molar-refractivity contribution in [3.8, 4) is 0 Å². The summed E-state index contributed by atoms with van der Waals surface area (Å²) in [4.78, 5) is 9.02. The molecule has 2 bridgehead atoms. The number of nitrogens with two attached hydrogens (primary N) is 1. The first-order valence-corrected chi connectivity index (χ1v) is 8.08. The maximum Gasteiger partial charge on any atom is 0.416 e.